The Balaban J connectivity index is 1.41. The van der Waals surface area contributed by atoms with E-state index in [0.29, 0.717) is 10.8 Å². The van der Waals surface area contributed by atoms with Crippen LogP contribution in [0.3, 0.4) is 0 Å². The molecule has 1 amide bonds. The maximum Gasteiger partial charge on any atom is 0.272 e. The van der Waals surface area contributed by atoms with E-state index in [1.54, 1.807) is 18.2 Å². The van der Waals surface area contributed by atoms with Gasteiger partial charge in [-0.3, -0.25) is 9.59 Å². The van der Waals surface area contributed by atoms with E-state index in [1.165, 1.54) is 5.56 Å². The molecular formula is C22H24N4O2. The minimum absolute atomic E-state index is 0.0875. The van der Waals surface area contributed by atoms with Crippen LogP contribution in [0.4, 0.5) is 0 Å². The van der Waals surface area contributed by atoms with Gasteiger partial charge < -0.3 is 10.2 Å². The molecule has 1 aliphatic heterocycles. The van der Waals surface area contributed by atoms with Crippen molar-refractivity contribution >= 4 is 16.7 Å². The molecule has 1 aromatic heterocycles. The summed E-state index contributed by atoms with van der Waals surface area (Å²) in [5, 5.41) is 10.6. The molecule has 1 atom stereocenters. The van der Waals surface area contributed by atoms with Crippen LogP contribution in [0.2, 0.25) is 0 Å². The number of rotatable bonds is 5. The van der Waals surface area contributed by atoms with Gasteiger partial charge in [0.15, 0.2) is 5.69 Å². The number of carbonyl (C=O) groups excluding carboxylic acids is 1. The highest BCUT2D eigenvalue weighted by Gasteiger charge is 2.23. The van der Waals surface area contributed by atoms with Gasteiger partial charge in [-0.1, -0.05) is 48.5 Å². The summed E-state index contributed by atoms with van der Waals surface area (Å²) < 4.78 is 0. The SMILES string of the molecule is O=C(NC1CCCN(CCc2ccccc2)C1)c1n[nH]c(=O)c2ccccc12. The summed E-state index contributed by atoms with van der Waals surface area (Å²) in [5.41, 5.74) is 1.33. The molecule has 0 aliphatic carbocycles. The normalized spacial score (nSPS) is 17.5. The molecular weight excluding hydrogens is 352 g/mol. The van der Waals surface area contributed by atoms with Crippen molar-refractivity contribution in [2.75, 3.05) is 19.6 Å². The van der Waals surface area contributed by atoms with Crippen LogP contribution < -0.4 is 10.9 Å². The summed E-state index contributed by atoms with van der Waals surface area (Å²) in [6.45, 7) is 2.87. The monoisotopic (exact) mass is 376 g/mol. The first-order valence-corrected chi connectivity index (χ1v) is 9.75. The van der Waals surface area contributed by atoms with E-state index in [1.807, 2.05) is 12.1 Å². The molecule has 6 heteroatoms. The third kappa shape index (κ3) is 4.12. The molecule has 1 saturated heterocycles. The number of benzene rings is 2. The van der Waals surface area contributed by atoms with Gasteiger partial charge in [0, 0.05) is 24.5 Å². The third-order valence-electron chi connectivity index (χ3n) is 5.31. The Hall–Kier alpha value is -2.99. The fourth-order valence-electron chi connectivity index (χ4n) is 3.85. The molecule has 0 spiro atoms. The number of H-pyrrole nitrogens is 1. The topological polar surface area (TPSA) is 78.1 Å². The van der Waals surface area contributed by atoms with Gasteiger partial charge >= 0.3 is 0 Å². The van der Waals surface area contributed by atoms with Gasteiger partial charge in [-0.05, 0) is 37.4 Å². The Bertz CT molecular complexity index is 1020. The van der Waals surface area contributed by atoms with E-state index in [0.717, 1.165) is 38.9 Å². The zero-order valence-corrected chi connectivity index (χ0v) is 15.7. The molecule has 2 N–H and O–H groups in total. The molecule has 2 heterocycles. The maximum absolute atomic E-state index is 12.8. The van der Waals surface area contributed by atoms with Gasteiger partial charge in [-0.25, -0.2) is 5.10 Å². The standard InChI is InChI=1S/C22H24N4O2/c27-21-19-11-5-4-10-18(19)20(24-25-21)22(28)23-17-9-6-13-26(15-17)14-12-16-7-2-1-3-8-16/h1-5,7-8,10-11,17H,6,9,12-15H2,(H,23,28)(H,25,27). The van der Waals surface area contributed by atoms with Crippen molar-refractivity contribution in [1.82, 2.24) is 20.4 Å². The molecule has 0 saturated carbocycles. The Kier molecular flexibility index (Phi) is 5.48. The first-order valence-electron chi connectivity index (χ1n) is 9.75. The average Bonchev–Trinajstić information content (AvgIpc) is 2.74. The van der Waals surface area contributed by atoms with Crippen molar-refractivity contribution in [1.29, 1.82) is 0 Å². The molecule has 1 aliphatic rings. The number of nitrogens with zero attached hydrogens (tertiary/aromatic N) is 2. The number of carbonyl (C=O) groups is 1. The number of amides is 1. The van der Waals surface area contributed by atoms with E-state index in [-0.39, 0.29) is 23.2 Å². The zero-order chi connectivity index (χ0) is 19.3. The van der Waals surface area contributed by atoms with Crippen molar-refractivity contribution in [2.45, 2.75) is 25.3 Å². The lowest BCUT2D eigenvalue weighted by molar-refractivity contribution is 0.0900. The van der Waals surface area contributed by atoms with Crippen molar-refractivity contribution in [3.8, 4) is 0 Å². The van der Waals surface area contributed by atoms with E-state index >= 15 is 0 Å². The summed E-state index contributed by atoms with van der Waals surface area (Å²) in [7, 11) is 0. The van der Waals surface area contributed by atoms with E-state index in [4.69, 9.17) is 0 Å². The van der Waals surface area contributed by atoms with E-state index in [2.05, 4.69) is 44.7 Å². The van der Waals surface area contributed by atoms with Crippen molar-refractivity contribution in [2.24, 2.45) is 0 Å². The second kappa shape index (κ2) is 8.35. The molecule has 3 aromatic rings. The number of fused-ring (bicyclic) bond motifs is 1. The predicted octanol–water partition coefficient (Wildman–Crippen LogP) is 2.36. The number of piperidine rings is 1. The summed E-state index contributed by atoms with van der Waals surface area (Å²) >= 11 is 0. The highest BCUT2D eigenvalue weighted by atomic mass is 16.2. The number of nitrogens with one attached hydrogen (secondary N) is 2. The van der Waals surface area contributed by atoms with Crippen molar-refractivity contribution < 1.29 is 4.79 Å². The molecule has 2 aromatic carbocycles. The molecule has 0 radical (unpaired) electrons. The predicted molar refractivity (Wildman–Crippen MR) is 109 cm³/mol. The van der Waals surface area contributed by atoms with Crippen LogP contribution in [-0.4, -0.2) is 46.7 Å². The zero-order valence-electron chi connectivity index (χ0n) is 15.7. The molecule has 1 fully saturated rings. The fraction of sp³-hybridized carbons (Fsp3) is 0.318. The van der Waals surface area contributed by atoms with E-state index < -0.39 is 0 Å². The second-order valence-electron chi connectivity index (χ2n) is 7.30. The Morgan fingerprint density at radius 3 is 2.68 bits per heavy atom. The lowest BCUT2D eigenvalue weighted by Crippen LogP contribution is -2.48. The Labute approximate surface area is 163 Å². The molecule has 0 bridgehead atoms. The lowest BCUT2D eigenvalue weighted by atomic mass is 10.0. The number of likely N-dealkylation sites (tertiary alicyclic amines) is 1. The van der Waals surface area contributed by atoms with Crippen LogP contribution in [0.5, 0.6) is 0 Å². The van der Waals surface area contributed by atoms with Crippen molar-refractivity contribution in [3.63, 3.8) is 0 Å². The highest BCUT2D eigenvalue weighted by Crippen LogP contribution is 2.15. The van der Waals surface area contributed by atoms with Crippen LogP contribution in [0.15, 0.2) is 59.4 Å². The Morgan fingerprint density at radius 1 is 1.11 bits per heavy atom. The van der Waals surface area contributed by atoms with Crippen LogP contribution in [0.1, 0.15) is 28.9 Å². The van der Waals surface area contributed by atoms with Gasteiger partial charge in [-0.2, -0.15) is 5.10 Å². The van der Waals surface area contributed by atoms with Gasteiger partial charge in [0.2, 0.25) is 0 Å². The van der Waals surface area contributed by atoms with Gasteiger partial charge in [0.1, 0.15) is 0 Å². The van der Waals surface area contributed by atoms with Gasteiger partial charge in [0.25, 0.3) is 11.5 Å². The van der Waals surface area contributed by atoms with E-state index in [9.17, 15) is 9.59 Å². The van der Waals surface area contributed by atoms with Crippen LogP contribution in [0.25, 0.3) is 10.8 Å². The number of hydrogen-bond acceptors (Lipinski definition) is 4. The average molecular weight is 376 g/mol. The van der Waals surface area contributed by atoms with Crippen LogP contribution in [-0.2, 0) is 6.42 Å². The Morgan fingerprint density at radius 2 is 1.86 bits per heavy atom. The minimum Gasteiger partial charge on any atom is -0.347 e. The van der Waals surface area contributed by atoms with Crippen LogP contribution in [0, 0.1) is 0 Å². The van der Waals surface area contributed by atoms with Crippen LogP contribution >= 0.6 is 0 Å². The van der Waals surface area contributed by atoms with Gasteiger partial charge in [0.05, 0.1) is 5.39 Å². The number of hydrogen-bond donors (Lipinski definition) is 2. The second-order valence-corrected chi connectivity index (χ2v) is 7.30. The summed E-state index contributed by atoms with van der Waals surface area (Å²) in [4.78, 5) is 27.1. The maximum atomic E-state index is 12.8. The highest BCUT2D eigenvalue weighted by molar-refractivity contribution is 6.04. The number of aromatic amines is 1. The summed E-state index contributed by atoms with van der Waals surface area (Å²) in [6, 6.07) is 17.6. The number of aromatic nitrogens is 2. The first kappa shape index (κ1) is 18.4. The molecule has 144 valence electrons. The molecule has 6 nitrogen and oxygen atoms in total. The molecule has 1 unspecified atom stereocenters. The minimum atomic E-state index is -0.281. The quantitative estimate of drug-likeness (QED) is 0.717. The molecule has 4 rings (SSSR count). The summed E-state index contributed by atoms with van der Waals surface area (Å²) in [5.74, 6) is -0.234. The van der Waals surface area contributed by atoms with Gasteiger partial charge in [-0.15, -0.1) is 0 Å². The smallest absolute Gasteiger partial charge is 0.272 e. The summed E-state index contributed by atoms with van der Waals surface area (Å²) in [6.07, 6.45) is 3.02. The third-order valence-corrected chi connectivity index (χ3v) is 5.31. The fourth-order valence-corrected chi connectivity index (χ4v) is 3.85. The largest absolute Gasteiger partial charge is 0.347 e. The van der Waals surface area contributed by atoms with Crippen molar-refractivity contribution in [3.05, 3.63) is 76.2 Å². The lowest BCUT2D eigenvalue weighted by Gasteiger charge is -2.33. The molecule has 28 heavy (non-hydrogen) atoms. The first-order chi connectivity index (χ1) is 13.7.